The molecule has 0 radical (unpaired) electrons. The van der Waals surface area contributed by atoms with Gasteiger partial charge in [-0.3, -0.25) is 9.79 Å². The molecule has 0 aliphatic carbocycles. The summed E-state index contributed by atoms with van der Waals surface area (Å²) in [5, 5.41) is 7.01. The highest BCUT2D eigenvalue weighted by Gasteiger charge is 2.31. The summed E-state index contributed by atoms with van der Waals surface area (Å²) >= 11 is 0. The molecule has 6 N–H and O–H groups in total. The summed E-state index contributed by atoms with van der Waals surface area (Å²) in [4.78, 5) is 17.6. The standard InChI is InChI=1S/C24H38N6.CH3NO/c1-4-26-10-7-23(30-15-11-27-12-16-30)28-22-6-5-21(20(2)17-22)8-13-29-14-9-24(3,18-25)19-29;2-1-3/h4-7,10,17,27-28H,1,8-9,11-16,18-19,25H2,2-3H3;1H,(H2,2,3)/b23-7+,26-10?;. The van der Waals surface area contributed by atoms with Crippen LogP contribution in [0.4, 0.5) is 5.69 Å². The molecule has 1 amide bonds. The maximum atomic E-state index is 8.58. The number of primary amides is 1. The normalized spacial score (nSPS) is 21.5. The van der Waals surface area contributed by atoms with Crippen molar-refractivity contribution in [2.75, 3.05) is 57.7 Å². The van der Waals surface area contributed by atoms with Gasteiger partial charge in [0.25, 0.3) is 0 Å². The SMILES string of the molecule is C=CN=C/C=C(\Nc1ccc(CCN2CCC(C)(CN)C2)c(C)c1)N1CCNCC1.NC=O. The molecule has 0 aromatic heterocycles. The smallest absolute Gasteiger partial charge is 0.204 e. The summed E-state index contributed by atoms with van der Waals surface area (Å²) in [5.41, 5.74) is 14.3. The minimum Gasteiger partial charge on any atom is -0.372 e. The Morgan fingerprint density at radius 1 is 1.33 bits per heavy atom. The van der Waals surface area contributed by atoms with Crippen LogP contribution in [-0.4, -0.2) is 74.8 Å². The average molecular weight is 456 g/mol. The number of nitrogens with two attached hydrogens (primary N) is 2. The molecule has 33 heavy (non-hydrogen) atoms. The van der Waals surface area contributed by atoms with Crippen molar-refractivity contribution in [3.8, 4) is 0 Å². The summed E-state index contributed by atoms with van der Waals surface area (Å²) in [5.74, 6) is 1.08. The Hall–Kier alpha value is -2.68. The molecule has 2 fully saturated rings. The van der Waals surface area contributed by atoms with E-state index in [9.17, 15) is 0 Å². The van der Waals surface area contributed by atoms with Gasteiger partial charge in [0.15, 0.2) is 0 Å². The lowest BCUT2D eigenvalue weighted by Crippen LogP contribution is -2.44. The van der Waals surface area contributed by atoms with Crippen molar-refractivity contribution in [1.82, 2.24) is 15.1 Å². The molecule has 182 valence electrons. The van der Waals surface area contributed by atoms with Crippen LogP contribution in [0.1, 0.15) is 24.5 Å². The number of hydrogen-bond donors (Lipinski definition) is 4. The maximum absolute atomic E-state index is 8.58. The Labute approximate surface area is 198 Å². The number of benzene rings is 1. The highest BCUT2D eigenvalue weighted by molar-refractivity contribution is 5.73. The Kier molecular flexibility index (Phi) is 11.1. The van der Waals surface area contributed by atoms with E-state index in [-0.39, 0.29) is 6.41 Å². The molecule has 0 bridgehead atoms. The number of allylic oxidation sites excluding steroid dienone is 1. The number of anilines is 1. The van der Waals surface area contributed by atoms with Crippen LogP contribution in [0.25, 0.3) is 0 Å². The minimum absolute atomic E-state index is 0.250. The lowest BCUT2D eigenvalue weighted by Gasteiger charge is -2.32. The summed E-state index contributed by atoms with van der Waals surface area (Å²) < 4.78 is 0. The zero-order valence-corrected chi connectivity index (χ0v) is 20.2. The molecule has 2 heterocycles. The molecule has 1 aromatic rings. The lowest BCUT2D eigenvalue weighted by atomic mass is 9.90. The number of piperazine rings is 1. The molecule has 2 aliphatic rings. The lowest BCUT2D eigenvalue weighted by molar-refractivity contribution is -0.106. The number of rotatable bonds is 9. The second kappa shape index (κ2) is 13.8. The van der Waals surface area contributed by atoms with Gasteiger partial charge in [0.05, 0.1) is 0 Å². The number of nitrogens with zero attached hydrogens (tertiary/aromatic N) is 3. The summed E-state index contributed by atoms with van der Waals surface area (Å²) in [6.07, 6.45) is 7.92. The third-order valence-corrected chi connectivity index (χ3v) is 6.32. The van der Waals surface area contributed by atoms with Crippen molar-refractivity contribution in [3.63, 3.8) is 0 Å². The zero-order valence-electron chi connectivity index (χ0n) is 20.2. The topological polar surface area (TPSA) is 112 Å². The first-order chi connectivity index (χ1) is 15.9. The van der Waals surface area contributed by atoms with Crippen molar-refractivity contribution in [2.45, 2.75) is 26.7 Å². The van der Waals surface area contributed by atoms with Gasteiger partial charge in [0.1, 0.15) is 5.82 Å². The monoisotopic (exact) mass is 455 g/mol. The van der Waals surface area contributed by atoms with Crippen LogP contribution in [0, 0.1) is 12.3 Å². The quantitative estimate of drug-likeness (QED) is 0.333. The first-order valence-corrected chi connectivity index (χ1v) is 11.7. The third-order valence-electron chi connectivity index (χ3n) is 6.32. The predicted octanol–water partition coefficient (Wildman–Crippen LogP) is 1.68. The largest absolute Gasteiger partial charge is 0.372 e. The van der Waals surface area contributed by atoms with E-state index in [0.29, 0.717) is 5.41 Å². The van der Waals surface area contributed by atoms with Gasteiger partial charge in [-0.25, -0.2) is 0 Å². The fourth-order valence-electron chi connectivity index (χ4n) is 4.27. The van der Waals surface area contributed by atoms with Crippen LogP contribution in [0.15, 0.2) is 47.9 Å². The summed E-state index contributed by atoms with van der Waals surface area (Å²) in [7, 11) is 0. The molecule has 0 saturated carbocycles. The summed E-state index contributed by atoms with van der Waals surface area (Å²) in [6.45, 7) is 16.3. The van der Waals surface area contributed by atoms with E-state index in [4.69, 9.17) is 10.5 Å². The molecule has 1 unspecified atom stereocenters. The number of aryl methyl sites for hydroxylation is 1. The summed E-state index contributed by atoms with van der Waals surface area (Å²) in [6, 6.07) is 6.71. The molecule has 0 spiro atoms. The molecule has 2 saturated heterocycles. The van der Waals surface area contributed by atoms with E-state index in [2.05, 4.69) is 69.8 Å². The van der Waals surface area contributed by atoms with E-state index in [1.165, 1.54) is 17.5 Å². The number of nitrogens with one attached hydrogen (secondary N) is 2. The van der Waals surface area contributed by atoms with Crippen LogP contribution in [0.5, 0.6) is 0 Å². The van der Waals surface area contributed by atoms with Crippen molar-refractivity contribution in [2.24, 2.45) is 21.9 Å². The van der Waals surface area contributed by atoms with Crippen LogP contribution in [0.2, 0.25) is 0 Å². The molecule has 8 heteroatoms. The van der Waals surface area contributed by atoms with Gasteiger partial charge in [-0.05, 0) is 67.6 Å². The molecule has 3 rings (SSSR count). The Bertz CT molecular complexity index is 817. The number of carbonyl (C=O) groups excluding carboxylic acids is 1. The highest BCUT2D eigenvalue weighted by atomic mass is 16.1. The van der Waals surface area contributed by atoms with Gasteiger partial charge in [-0.2, -0.15) is 0 Å². The fraction of sp³-hybridized carbons (Fsp3) is 0.520. The number of aliphatic imine (C=N–C) groups is 1. The van der Waals surface area contributed by atoms with Gasteiger partial charge in [0.2, 0.25) is 6.41 Å². The van der Waals surface area contributed by atoms with Crippen molar-refractivity contribution < 1.29 is 4.79 Å². The Morgan fingerprint density at radius 3 is 2.67 bits per heavy atom. The van der Waals surface area contributed by atoms with Gasteiger partial charge >= 0.3 is 0 Å². The van der Waals surface area contributed by atoms with Crippen LogP contribution >= 0.6 is 0 Å². The van der Waals surface area contributed by atoms with E-state index in [0.717, 1.165) is 70.3 Å². The van der Waals surface area contributed by atoms with Gasteiger partial charge in [-0.1, -0.05) is 19.6 Å². The maximum Gasteiger partial charge on any atom is 0.204 e. The Morgan fingerprint density at radius 2 is 2.06 bits per heavy atom. The fourth-order valence-corrected chi connectivity index (χ4v) is 4.27. The third kappa shape index (κ3) is 8.64. The van der Waals surface area contributed by atoms with Crippen molar-refractivity contribution in [3.05, 3.63) is 54.0 Å². The number of likely N-dealkylation sites (tertiary alicyclic amines) is 1. The Balaban J connectivity index is 0.00000122. The van der Waals surface area contributed by atoms with Crippen LogP contribution < -0.4 is 22.1 Å². The zero-order chi connectivity index (χ0) is 24.1. The molecular weight excluding hydrogens is 414 g/mol. The molecule has 1 aromatic carbocycles. The van der Waals surface area contributed by atoms with E-state index in [1.807, 2.05) is 6.08 Å². The van der Waals surface area contributed by atoms with E-state index >= 15 is 0 Å². The molecule has 1 atom stereocenters. The average Bonchev–Trinajstić information content (AvgIpc) is 3.21. The predicted molar refractivity (Wildman–Crippen MR) is 138 cm³/mol. The van der Waals surface area contributed by atoms with Gasteiger partial charge < -0.3 is 31.9 Å². The van der Waals surface area contributed by atoms with Crippen LogP contribution in [0.3, 0.4) is 0 Å². The molecule has 8 nitrogen and oxygen atoms in total. The first kappa shape index (κ1) is 26.6. The van der Waals surface area contributed by atoms with Crippen molar-refractivity contribution >= 4 is 18.3 Å². The first-order valence-electron chi connectivity index (χ1n) is 11.7. The molecular formula is C25H41N7O. The minimum atomic E-state index is 0.250. The van der Waals surface area contributed by atoms with E-state index in [1.54, 1.807) is 12.4 Å². The number of hydrogen-bond acceptors (Lipinski definition) is 7. The van der Waals surface area contributed by atoms with Gasteiger partial charge in [-0.15, -0.1) is 0 Å². The second-order valence-electron chi connectivity index (χ2n) is 8.96. The molecule has 2 aliphatic heterocycles. The van der Waals surface area contributed by atoms with Crippen LogP contribution in [-0.2, 0) is 11.2 Å². The van der Waals surface area contributed by atoms with Crippen molar-refractivity contribution in [1.29, 1.82) is 0 Å². The number of amides is 1. The second-order valence-corrected chi connectivity index (χ2v) is 8.96. The number of carbonyl (C=O) groups is 1. The van der Waals surface area contributed by atoms with Gasteiger partial charge in [0, 0.05) is 57.4 Å². The highest BCUT2D eigenvalue weighted by Crippen LogP contribution is 2.28. The van der Waals surface area contributed by atoms with E-state index < -0.39 is 0 Å².